The molecule has 2 rings (SSSR count). The van der Waals surface area contributed by atoms with Gasteiger partial charge in [0, 0.05) is 32.1 Å². The molecule has 2 aromatic heterocycles. The van der Waals surface area contributed by atoms with Crippen LogP contribution in [-0.4, -0.2) is 32.5 Å². The van der Waals surface area contributed by atoms with Crippen LogP contribution in [0, 0.1) is 11.8 Å². The normalized spacial score (nSPS) is 11.6. The number of pyridine rings is 1. The van der Waals surface area contributed by atoms with Crippen molar-refractivity contribution in [2.45, 2.75) is 19.4 Å². The summed E-state index contributed by atoms with van der Waals surface area (Å²) < 4.78 is 1.70. The number of nitrogens with zero attached hydrogens (tertiary/aromatic N) is 3. The quantitative estimate of drug-likeness (QED) is 0.670. The van der Waals surface area contributed by atoms with Crippen LogP contribution in [0.5, 0.6) is 0 Å². The lowest BCUT2D eigenvalue weighted by Gasteiger charge is -2.15. The zero-order valence-electron chi connectivity index (χ0n) is 12.0. The van der Waals surface area contributed by atoms with Gasteiger partial charge < -0.3 is 10.4 Å². The molecule has 0 unspecified atom stereocenters. The van der Waals surface area contributed by atoms with E-state index in [0.29, 0.717) is 17.3 Å². The van der Waals surface area contributed by atoms with E-state index in [1.165, 1.54) is 0 Å². The van der Waals surface area contributed by atoms with Gasteiger partial charge in [0.15, 0.2) is 0 Å². The highest BCUT2D eigenvalue weighted by atomic mass is 35.5. The molecule has 0 aromatic carbocycles. The van der Waals surface area contributed by atoms with Gasteiger partial charge >= 0.3 is 0 Å². The summed E-state index contributed by atoms with van der Waals surface area (Å²) >= 11 is 5.93. The van der Waals surface area contributed by atoms with Crippen molar-refractivity contribution in [2.24, 2.45) is 7.05 Å². The molecule has 0 bridgehead atoms. The number of aromatic nitrogens is 3. The van der Waals surface area contributed by atoms with Gasteiger partial charge in [-0.3, -0.25) is 4.68 Å². The van der Waals surface area contributed by atoms with E-state index in [1.807, 2.05) is 26.2 Å². The topological polar surface area (TPSA) is 63.0 Å². The summed E-state index contributed by atoms with van der Waals surface area (Å²) in [6, 6.07) is 3.69. The number of anilines is 1. The predicted molar refractivity (Wildman–Crippen MR) is 83.2 cm³/mol. The van der Waals surface area contributed by atoms with Gasteiger partial charge in [-0.05, 0) is 31.4 Å². The summed E-state index contributed by atoms with van der Waals surface area (Å²) in [6.07, 6.45) is 4.12. The summed E-state index contributed by atoms with van der Waals surface area (Å²) in [7, 11) is 1.85. The Morgan fingerprint density at radius 2 is 2.29 bits per heavy atom. The molecule has 0 aliphatic heterocycles. The minimum Gasteiger partial charge on any atom is -0.396 e. The van der Waals surface area contributed by atoms with Gasteiger partial charge in [0.25, 0.3) is 0 Å². The van der Waals surface area contributed by atoms with Crippen LogP contribution in [0.2, 0.25) is 5.15 Å². The molecule has 0 amide bonds. The molecule has 0 aliphatic rings. The molecule has 0 saturated carbocycles. The van der Waals surface area contributed by atoms with Gasteiger partial charge in [0.2, 0.25) is 0 Å². The first-order chi connectivity index (χ1) is 10.1. The largest absolute Gasteiger partial charge is 0.396 e. The lowest BCUT2D eigenvalue weighted by Crippen LogP contribution is -2.17. The molecular weight excluding hydrogens is 288 g/mol. The van der Waals surface area contributed by atoms with Gasteiger partial charge in [-0.2, -0.15) is 5.10 Å². The lowest BCUT2D eigenvalue weighted by atomic mass is 10.2. The van der Waals surface area contributed by atoms with Gasteiger partial charge in [-0.15, -0.1) is 0 Å². The minimum atomic E-state index is 0.115. The van der Waals surface area contributed by atoms with Gasteiger partial charge in [-0.25, -0.2) is 4.98 Å². The monoisotopic (exact) mass is 304 g/mol. The number of nitrogens with one attached hydrogen (secondary N) is 1. The van der Waals surface area contributed by atoms with Crippen LogP contribution < -0.4 is 5.32 Å². The third-order valence-corrected chi connectivity index (χ3v) is 3.08. The van der Waals surface area contributed by atoms with Crippen LogP contribution >= 0.6 is 11.6 Å². The Hall–Kier alpha value is -2.03. The van der Waals surface area contributed by atoms with Gasteiger partial charge in [0.05, 0.1) is 11.3 Å². The van der Waals surface area contributed by atoms with Crippen LogP contribution in [0.15, 0.2) is 24.5 Å². The molecule has 0 saturated heterocycles. The second-order valence-corrected chi connectivity index (χ2v) is 5.12. The summed E-state index contributed by atoms with van der Waals surface area (Å²) in [5.41, 5.74) is 2.25. The fraction of sp³-hybridized carbons (Fsp3) is 0.333. The molecule has 5 nitrogen and oxygen atoms in total. The first-order valence-electron chi connectivity index (χ1n) is 6.63. The SMILES string of the molecule is C[C@@H](CCO)Nc1cc(Cl)ncc1C#Cc1ccn(C)n1. The molecule has 0 fully saturated rings. The van der Waals surface area contributed by atoms with Crippen molar-refractivity contribution in [1.82, 2.24) is 14.8 Å². The van der Waals surface area contributed by atoms with Crippen LogP contribution in [0.4, 0.5) is 5.69 Å². The molecule has 0 radical (unpaired) electrons. The van der Waals surface area contributed by atoms with E-state index in [2.05, 4.69) is 27.2 Å². The van der Waals surface area contributed by atoms with E-state index in [9.17, 15) is 0 Å². The maximum atomic E-state index is 8.98. The summed E-state index contributed by atoms with van der Waals surface area (Å²) in [5, 5.41) is 16.9. The summed E-state index contributed by atoms with van der Waals surface area (Å²) in [5.74, 6) is 6.04. The van der Waals surface area contributed by atoms with E-state index in [-0.39, 0.29) is 12.6 Å². The predicted octanol–water partition coefficient (Wildman–Crippen LogP) is 2.05. The number of hydrogen-bond acceptors (Lipinski definition) is 4. The van der Waals surface area contributed by atoms with E-state index in [1.54, 1.807) is 16.9 Å². The molecule has 21 heavy (non-hydrogen) atoms. The smallest absolute Gasteiger partial charge is 0.135 e. The first kappa shape index (κ1) is 15.4. The van der Waals surface area contributed by atoms with Crippen molar-refractivity contribution in [3.8, 4) is 11.8 Å². The van der Waals surface area contributed by atoms with Crippen molar-refractivity contribution >= 4 is 17.3 Å². The lowest BCUT2D eigenvalue weighted by molar-refractivity contribution is 0.282. The van der Waals surface area contributed by atoms with E-state index in [4.69, 9.17) is 16.7 Å². The molecule has 0 aliphatic carbocycles. The Morgan fingerprint density at radius 1 is 1.48 bits per heavy atom. The number of hydrogen-bond donors (Lipinski definition) is 2. The zero-order chi connectivity index (χ0) is 15.2. The number of aliphatic hydroxyl groups is 1. The van der Waals surface area contributed by atoms with Crippen LogP contribution in [0.1, 0.15) is 24.6 Å². The highest BCUT2D eigenvalue weighted by Gasteiger charge is 2.06. The average molecular weight is 305 g/mol. The van der Waals surface area contributed by atoms with E-state index >= 15 is 0 Å². The van der Waals surface area contributed by atoms with Crippen LogP contribution in [0.25, 0.3) is 0 Å². The molecule has 2 aromatic rings. The van der Waals surface area contributed by atoms with E-state index in [0.717, 1.165) is 11.3 Å². The number of rotatable bonds is 4. The highest BCUT2D eigenvalue weighted by Crippen LogP contribution is 2.19. The van der Waals surface area contributed by atoms with Crippen molar-refractivity contribution < 1.29 is 5.11 Å². The second-order valence-electron chi connectivity index (χ2n) is 4.73. The molecule has 2 heterocycles. The van der Waals surface area contributed by atoms with Crippen LogP contribution in [-0.2, 0) is 7.05 Å². The standard InChI is InChI=1S/C15H17ClN4O/c1-11(6-8-21)18-14-9-15(16)17-10-12(14)3-4-13-5-7-20(2)19-13/h5,7,9-11,21H,6,8H2,1-2H3,(H,17,18)/t11-/m0/s1. The number of aryl methyl sites for hydroxylation is 1. The maximum Gasteiger partial charge on any atom is 0.135 e. The maximum absolute atomic E-state index is 8.98. The molecule has 2 N–H and O–H groups in total. The Bertz CT molecular complexity index is 672. The third-order valence-electron chi connectivity index (χ3n) is 2.87. The molecule has 6 heteroatoms. The number of aliphatic hydroxyl groups excluding tert-OH is 1. The van der Waals surface area contributed by atoms with Crippen molar-refractivity contribution in [2.75, 3.05) is 11.9 Å². The summed E-state index contributed by atoms with van der Waals surface area (Å²) in [6.45, 7) is 2.11. The Labute approximate surface area is 129 Å². The second kappa shape index (κ2) is 7.11. The van der Waals surface area contributed by atoms with Gasteiger partial charge in [0.1, 0.15) is 10.8 Å². The zero-order valence-corrected chi connectivity index (χ0v) is 12.7. The average Bonchev–Trinajstić information content (AvgIpc) is 2.84. The number of halogens is 1. The molecule has 0 spiro atoms. The Morgan fingerprint density at radius 3 is 2.95 bits per heavy atom. The minimum absolute atomic E-state index is 0.115. The van der Waals surface area contributed by atoms with Crippen molar-refractivity contribution in [3.05, 3.63) is 40.9 Å². The van der Waals surface area contributed by atoms with Gasteiger partial charge in [-0.1, -0.05) is 17.5 Å². The fourth-order valence-corrected chi connectivity index (χ4v) is 1.95. The fourth-order valence-electron chi connectivity index (χ4n) is 1.79. The third kappa shape index (κ3) is 4.48. The molecular formula is C15H17ClN4O. The van der Waals surface area contributed by atoms with E-state index < -0.39 is 0 Å². The van der Waals surface area contributed by atoms with Crippen LogP contribution in [0.3, 0.4) is 0 Å². The Kier molecular flexibility index (Phi) is 5.20. The first-order valence-corrected chi connectivity index (χ1v) is 7.01. The van der Waals surface area contributed by atoms with Crippen molar-refractivity contribution in [1.29, 1.82) is 0 Å². The molecule has 1 atom stereocenters. The highest BCUT2D eigenvalue weighted by molar-refractivity contribution is 6.29. The van der Waals surface area contributed by atoms with Crippen molar-refractivity contribution in [3.63, 3.8) is 0 Å². The Balaban J connectivity index is 2.24. The summed E-state index contributed by atoms with van der Waals surface area (Å²) in [4.78, 5) is 4.06. The molecule has 110 valence electrons.